The van der Waals surface area contributed by atoms with Crippen molar-refractivity contribution in [2.24, 2.45) is 0 Å². The first-order valence-corrected chi connectivity index (χ1v) is 9.76. The number of fused-ring (bicyclic) bond motifs is 1. The largest absolute Gasteiger partial charge is 0.431 e. The van der Waals surface area contributed by atoms with Crippen molar-refractivity contribution in [2.45, 2.75) is 12.1 Å². The van der Waals surface area contributed by atoms with E-state index in [9.17, 15) is 4.79 Å². The number of hydrogen-bond acceptors (Lipinski definition) is 5. The number of oxazole rings is 1. The van der Waals surface area contributed by atoms with Crippen molar-refractivity contribution in [3.63, 3.8) is 0 Å². The van der Waals surface area contributed by atoms with E-state index in [0.717, 1.165) is 37.3 Å². The van der Waals surface area contributed by atoms with E-state index in [0.29, 0.717) is 11.0 Å². The lowest BCUT2D eigenvalue weighted by Gasteiger charge is -2.36. The van der Waals surface area contributed by atoms with E-state index in [1.807, 2.05) is 29.2 Å². The van der Waals surface area contributed by atoms with Gasteiger partial charge in [0.15, 0.2) is 5.58 Å². The number of thioether (sulfide) groups is 1. The summed E-state index contributed by atoms with van der Waals surface area (Å²) in [4.78, 5) is 21.2. The predicted molar refractivity (Wildman–Crippen MR) is 105 cm³/mol. The second kappa shape index (κ2) is 7.41. The van der Waals surface area contributed by atoms with Crippen LogP contribution in [-0.4, -0.2) is 47.7 Å². The highest BCUT2D eigenvalue weighted by molar-refractivity contribution is 7.99. The minimum Gasteiger partial charge on any atom is -0.431 e. The number of carbonyl (C=O) groups is 1. The Morgan fingerprint density at radius 3 is 2.58 bits per heavy atom. The van der Waals surface area contributed by atoms with Gasteiger partial charge in [-0.05, 0) is 30.7 Å². The maximum absolute atomic E-state index is 12.5. The van der Waals surface area contributed by atoms with Crippen molar-refractivity contribution in [1.29, 1.82) is 0 Å². The molecule has 1 saturated heterocycles. The van der Waals surface area contributed by atoms with Crippen molar-refractivity contribution in [3.8, 4) is 0 Å². The molecule has 1 aromatic heterocycles. The number of nitrogens with zero attached hydrogens (tertiary/aromatic N) is 3. The molecule has 2 aromatic carbocycles. The van der Waals surface area contributed by atoms with Crippen LogP contribution in [0.4, 0.5) is 5.69 Å². The topological polar surface area (TPSA) is 49.6 Å². The molecule has 2 heterocycles. The SMILES string of the molecule is Cc1ccccc1N1CCN(C(=O)CSc2nc3ccccc3o2)CC1. The van der Waals surface area contributed by atoms with Gasteiger partial charge >= 0.3 is 0 Å². The van der Waals surface area contributed by atoms with Gasteiger partial charge in [-0.3, -0.25) is 4.79 Å². The van der Waals surface area contributed by atoms with Gasteiger partial charge in [0, 0.05) is 31.9 Å². The van der Waals surface area contributed by atoms with E-state index >= 15 is 0 Å². The summed E-state index contributed by atoms with van der Waals surface area (Å²) in [5, 5.41) is 0.554. The summed E-state index contributed by atoms with van der Waals surface area (Å²) in [5.74, 6) is 0.499. The Hall–Kier alpha value is -2.47. The highest BCUT2D eigenvalue weighted by Crippen LogP contribution is 2.24. The van der Waals surface area contributed by atoms with Gasteiger partial charge in [-0.15, -0.1) is 0 Å². The van der Waals surface area contributed by atoms with Crippen LogP contribution in [0.2, 0.25) is 0 Å². The van der Waals surface area contributed by atoms with Crippen LogP contribution < -0.4 is 4.90 Å². The van der Waals surface area contributed by atoms with Crippen LogP contribution in [-0.2, 0) is 4.79 Å². The normalized spacial score (nSPS) is 14.8. The highest BCUT2D eigenvalue weighted by atomic mass is 32.2. The van der Waals surface area contributed by atoms with E-state index in [4.69, 9.17) is 4.42 Å². The van der Waals surface area contributed by atoms with Gasteiger partial charge in [0.05, 0.1) is 5.75 Å². The molecular formula is C20H21N3O2S. The zero-order chi connectivity index (χ0) is 17.9. The lowest BCUT2D eigenvalue weighted by atomic mass is 10.1. The molecule has 26 heavy (non-hydrogen) atoms. The van der Waals surface area contributed by atoms with E-state index in [2.05, 4.69) is 41.1 Å². The van der Waals surface area contributed by atoms with Crippen molar-refractivity contribution in [3.05, 3.63) is 54.1 Å². The zero-order valence-corrected chi connectivity index (χ0v) is 15.5. The van der Waals surface area contributed by atoms with Crippen LogP contribution in [0.15, 0.2) is 58.2 Å². The number of hydrogen-bond donors (Lipinski definition) is 0. The molecule has 1 fully saturated rings. The molecule has 0 saturated carbocycles. The Balaban J connectivity index is 1.31. The van der Waals surface area contributed by atoms with Crippen LogP contribution in [0.5, 0.6) is 0 Å². The number of piperazine rings is 1. The average Bonchev–Trinajstić information content (AvgIpc) is 3.10. The molecule has 1 aliphatic rings. The molecule has 3 aromatic rings. The molecule has 1 aliphatic heterocycles. The Kier molecular flexibility index (Phi) is 4.84. The monoisotopic (exact) mass is 367 g/mol. The second-order valence-electron chi connectivity index (χ2n) is 6.39. The number of anilines is 1. The number of aromatic nitrogens is 1. The van der Waals surface area contributed by atoms with E-state index in [1.165, 1.54) is 23.0 Å². The van der Waals surface area contributed by atoms with Gasteiger partial charge in [0.25, 0.3) is 5.22 Å². The minimum absolute atomic E-state index is 0.140. The fourth-order valence-electron chi connectivity index (χ4n) is 3.24. The molecule has 0 radical (unpaired) electrons. The Morgan fingerprint density at radius 1 is 1.08 bits per heavy atom. The Bertz CT molecular complexity index is 883. The number of amides is 1. The summed E-state index contributed by atoms with van der Waals surface area (Å²) >= 11 is 1.36. The molecule has 0 spiro atoms. The molecule has 4 rings (SSSR count). The summed E-state index contributed by atoms with van der Waals surface area (Å²) in [5.41, 5.74) is 4.13. The van der Waals surface area contributed by atoms with Gasteiger partial charge in [-0.1, -0.05) is 42.1 Å². The van der Waals surface area contributed by atoms with Crippen LogP contribution in [0.1, 0.15) is 5.56 Å². The number of carbonyl (C=O) groups excluding carboxylic acids is 1. The van der Waals surface area contributed by atoms with E-state index < -0.39 is 0 Å². The van der Waals surface area contributed by atoms with Crippen LogP contribution >= 0.6 is 11.8 Å². The molecule has 0 unspecified atom stereocenters. The van der Waals surface area contributed by atoms with Gasteiger partial charge in [-0.25, -0.2) is 4.98 Å². The lowest BCUT2D eigenvalue weighted by Crippen LogP contribution is -2.49. The molecule has 0 N–H and O–H groups in total. The lowest BCUT2D eigenvalue weighted by molar-refractivity contribution is -0.128. The second-order valence-corrected chi connectivity index (χ2v) is 7.32. The highest BCUT2D eigenvalue weighted by Gasteiger charge is 2.22. The zero-order valence-electron chi connectivity index (χ0n) is 14.7. The predicted octanol–water partition coefficient (Wildman–Crippen LogP) is 3.58. The number of para-hydroxylation sites is 3. The molecule has 0 bridgehead atoms. The van der Waals surface area contributed by atoms with Crippen LogP contribution in [0.25, 0.3) is 11.1 Å². The summed E-state index contributed by atoms with van der Waals surface area (Å²) < 4.78 is 5.67. The van der Waals surface area contributed by atoms with Gasteiger partial charge < -0.3 is 14.2 Å². The molecule has 0 atom stereocenters. The fourth-order valence-corrected chi connectivity index (χ4v) is 3.98. The van der Waals surface area contributed by atoms with E-state index in [-0.39, 0.29) is 5.91 Å². The van der Waals surface area contributed by atoms with Gasteiger partial charge in [0.2, 0.25) is 5.91 Å². The van der Waals surface area contributed by atoms with Gasteiger partial charge in [-0.2, -0.15) is 0 Å². The summed E-state index contributed by atoms with van der Waals surface area (Å²) in [6, 6.07) is 16.0. The summed E-state index contributed by atoms with van der Waals surface area (Å²) in [6.07, 6.45) is 0. The molecule has 0 aliphatic carbocycles. The third-order valence-corrected chi connectivity index (χ3v) is 5.49. The molecule has 134 valence electrons. The number of aryl methyl sites for hydroxylation is 1. The van der Waals surface area contributed by atoms with Crippen LogP contribution in [0, 0.1) is 6.92 Å². The van der Waals surface area contributed by atoms with Crippen molar-refractivity contribution >= 4 is 34.5 Å². The van der Waals surface area contributed by atoms with E-state index in [1.54, 1.807) is 0 Å². The maximum Gasteiger partial charge on any atom is 0.257 e. The average molecular weight is 367 g/mol. The first kappa shape index (κ1) is 17.0. The first-order chi connectivity index (χ1) is 12.7. The molecular weight excluding hydrogens is 346 g/mol. The summed E-state index contributed by atoms with van der Waals surface area (Å²) in [7, 11) is 0. The number of benzene rings is 2. The van der Waals surface area contributed by atoms with Crippen molar-refractivity contribution in [1.82, 2.24) is 9.88 Å². The molecule has 6 heteroatoms. The van der Waals surface area contributed by atoms with Crippen molar-refractivity contribution < 1.29 is 9.21 Å². The Labute approximate surface area is 157 Å². The third kappa shape index (κ3) is 3.55. The maximum atomic E-state index is 12.5. The molecule has 5 nitrogen and oxygen atoms in total. The van der Waals surface area contributed by atoms with Crippen LogP contribution in [0.3, 0.4) is 0 Å². The fraction of sp³-hybridized carbons (Fsp3) is 0.300. The smallest absolute Gasteiger partial charge is 0.257 e. The van der Waals surface area contributed by atoms with Gasteiger partial charge in [0.1, 0.15) is 5.52 Å². The number of rotatable bonds is 4. The quantitative estimate of drug-likeness (QED) is 0.660. The summed E-state index contributed by atoms with van der Waals surface area (Å²) in [6.45, 7) is 5.36. The third-order valence-electron chi connectivity index (χ3n) is 4.68. The minimum atomic E-state index is 0.140. The first-order valence-electron chi connectivity index (χ1n) is 8.77. The molecule has 1 amide bonds. The standard InChI is InChI=1S/C20H21N3O2S/c1-15-6-2-4-8-17(15)22-10-12-23(13-11-22)19(24)14-26-20-21-16-7-3-5-9-18(16)25-20/h2-9H,10-14H2,1H3. The van der Waals surface area contributed by atoms with Crippen molar-refractivity contribution in [2.75, 3.05) is 36.8 Å². The Morgan fingerprint density at radius 2 is 1.81 bits per heavy atom.